The molecule has 1 aromatic rings. The number of fused-ring (bicyclic) bond motifs is 1. The van der Waals surface area contributed by atoms with E-state index in [9.17, 15) is 14.4 Å². The SMILES string of the molecule is COC(=O)CCC1C(=O)N(C)C(=O)c2cccn21. The van der Waals surface area contributed by atoms with Gasteiger partial charge >= 0.3 is 5.97 Å². The van der Waals surface area contributed by atoms with Crippen LogP contribution in [0.5, 0.6) is 0 Å². The average Bonchev–Trinajstić information content (AvgIpc) is 2.84. The van der Waals surface area contributed by atoms with Gasteiger partial charge in [0.05, 0.1) is 7.11 Å². The Kier molecular flexibility index (Phi) is 3.18. The maximum absolute atomic E-state index is 12.0. The molecule has 1 unspecified atom stereocenters. The van der Waals surface area contributed by atoms with Crippen LogP contribution in [0.1, 0.15) is 29.4 Å². The average molecular weight is 250 g/mol. The van der Waals surface area contributed by atoms with Crippen LogP contribution in [0.25, 0.3) is 0 Å². The number of imide groups is 1. The van der Waals surface area contributed by atoms with Gasteiger partial charge in [-0.1, -0.05) is 0 Å². The van der Waals surface area contributed by atoms with Gasteiger partial charge in [-0.3, -0.25) is 19.3 Å². The molecule has 6 heteroatoms. The second kappa shape index (κ2) is 4.64. The first-order valence-electron chi connectivity index (χ1n) is 5.61. The number of nitrogens with zero attached hydrogens (tertiary/aromatic N) is 2. The van der Waals surface area contributed by atoms with E-state index in [2.05, 4.69) is 4.74 Å². The van der Waals surface area contributed by atoms with Crippen molar-refractivity contribution in [1.29, 1.82) is 0 Å². The van der Waals surface area contributed by atoms with E-state index in [4.69, 9.17) is 0 Å². The molecule has 0 bridgehead atoms. The predicted molar refractivity (Wildman–Crippen MR) is 61.8 cm³/mol. The number of esters is 1. The van der Waals surface area contributed by atoms with Crippen LogP contribution in [0.15, 0.2) is 18.3 Å². The summed E-state index contributed by atoms with van der Waals surface area (Å²) in [5.41, 5.74) is 0.465. The van der Waals surface area contributed by atoms with E-state index < -0.39 is 6.04 Å². The lowest BCUT2D eigenvalue weighted by Crippen LogP contribution is -2.45. The number of ether oxygens (including phenoxy) is 1. The standard InChI is InChI=1S/C12H14N2O4/c1-13-11(16)8-4-3-7-14(8)9(12(13)17)5-6-10(15)18-2/h3-4,7,9H,5-6H2,1-2H3. The maximum atomic E-state index is 12.0. The van der Waals surface area contributed by atoms with Crippen molar-refractivity contribution in [3.63, 3.8) is 0 Å². The highest BCUT2D eigenvalue weighted by molar-refractivity contribution is 6.07. The smallest absolute Gasteiger partial charge is 0.305 e. The summed E-state index contributed by atoms with van der Waals surface area (Å²) in [6.45, 7) is 0. The summed E-state index contributed by atoms with van der Waals surface area (Å²) in [5.74, 6) is -0.983. The minimum atomic E-state index is -0.517. The lowest BCUT2D eigenvalue weighted by atomic mass is 10.1. The highest BCUT2D eigenvalue weighted by Gasteiger charge is 2.35. The third kappa shape index (κ3) is 1.90. The van der Waals surface area contributed by atoms with E-state index in [0.717, 1.165) is 4.90 Å². The van der Waals surface area contributed by atoms with Crippen LogP contribution in [-0.4, -0.2) is 41.4 Å². The normalized spacial score (nSPS) is 18.8. The van der Waals surface area contributed by atoms with Crippen LogP contribution in [0.3, 0.4) is 0 Å². The van der Waals surface area contributed by atoms with Gasteiger partial charge in [0.1, 0.15) is 11.7 Å². The van der Waals surface area contributed by atoms with Crippen molar-refractivity contribution in [3.05, 3.63) is 24.0 Å². The molecule has 1 atom stereocenters. The predicted octanol–water partition coefficient (Wildman–Crippen LogP) is 0.595. The molecule has 0 aliphatic carbocycles. The third-order valence-corrected chi connectivity index (χ3v) is 3.10. The molecule has 1 aliphatic rings. The third-order valence-electron chi connectivity index (χ3n) is 3.10. The summed E-state index contributed by atoms with van der Waals surface area (Å²) >= 11 is 0. The Morgan fingerprint density at radius 3 is 2.83 bits per heavy atom. The van der Waals surface area contributed by atoms with Crippen LogP contribution in [-0.2, 0) is 14.3 Å². The summed E-state index contributed by atoms with van der Waals surface area (Å²) in [6, 6.07) is 2.86. The number of rotatable bonds is 3. The molecule has 2 heterocycles. The largest absolute Gasteiger partial charge is 0.469 e. The minimum Gasteiger partial charge on any atom is -0.469 e. The fourth-order valence-electron chi connectivity index (χ4n) is 2.08. The number of methoxy groups -OCH3 is 1. The van der Waals surface area contributed by atoms with Crippen LogP contribution >= 0.6 is 0 Å². The van der Waals surface area contributed by atoms with Crippen molar-refractivity contribution in [3.8, 4) is 0 Å². The zero-order valence-electron chi connectivity index (χ0n) is 10.3. The first-order valence-corrected chi connectivity index (χ1v) is 5.61. The van der Waals surface area contributed by atoms with Crippen molar-refractivity contribution in [2.45, 2.75) is 18.9 Å². The van der Waals surface area contributed by atoms with Crippen molar-refractivity contribution >= 4 is 17.8 Å². The van der Waals surface area contributed by atoms with E-state index >= 15 is 0 Å². The molecular weight excluding hydrogens is 236 g/mol. The Balaban J connectivity index is 2.25. The van der Waals surface area contributed by atoms with E-state index in [1.165, 1.54) is 14.2 Å². The van der Waals surface area contributed by atoms with Gasteiger partial charge in [0, 0.05) is 19.7 Å². The van der Waals surface area contributed by atoms with Gasteiger partial charge < -0.3 is 9.30 Å². The number of likely N-dealkylation sites (N-methyl/N-ethyl adjacent to an activating group) is 1. The van der Waals surface area contributed by atoms with Gasteiger partial charge in [0.15, 0.2) is 0 Å². The molecule has 96 valence electrons. The van der Waals surface area contributed by atoms with Gasteiger partial charge in [0.2, 0.25) is 0 Å². The lowest BCUT2D eigenvalue weighted by molar-refractivity contribution is -0.141. The molecule has 0 saturated heterocycles. The van der Waals surface area contributed by atoms with E-state index in [1.54, 1.807) is 22.9 Å². The number of hydrogen-bond acceptors (Lipinski definition) is 4. The molecule has 0 saturated carbocycles. The molecule has 0 aromatic carbocycles. The topological polar surface area (TPSA) is 68.6 Å². The lowest BCUT2D eigenvalue weighted by Gasteiger charge is -2.30. The molecule has 2 amide bonds. The van der Waals surface area contributed by atoms with Crippen molar-refractivity contribution in [2.75, 3.05) is 14.2 Å². The Bertz CT molecular complexity index is 506. The summed E-state index contributed by atoms with van der Waals surface area (Å²) in [4.78, 5) is 36.1. The number of hydrogen-bond donors (Lipinski definition) is 0. The molecule has 1 aliphatic heterocycles. The Morgan fingerprint density at radius 2 is 2.17 bits per heavy atom. The Hall–Kier alpha value is -2.11. The fourth-order valence-corrected chi connectivity index (χ4v) is 2.08. The quantitative estimate of drug-likeness (QED) is 0.581. The molecule has 18 heavy (non-hydrogen) atoms. The molecule has 6 nitrogen and oxygen atoms in total. The van der Waals surface area contributed by atoms with Gasteiger partial charge in [-0.2, -0.15) is 0 Å². The second-order valence-corrected chi connectivity index (χ2v) is 4.13. The van der Waals surface area contributed by atoms with Crippen LogP contribution in [0.2, 0.25) is 0 Å². The maximum Gasteiger partial charge on any atom is 0.305 e. The molecule has 0 spiro atoms. The highest BCUT2D eigenvalue weighted by Crippen LogP contribution is 2.25. The zero-order valence-corrected chi connectivity index (χ0v) is 10.3. The Labute approximate surface area is 104 Å². The first kappa shape index (κ1) is 12.3. The summed E-state index contributed by atoms with van der Waals surface area (Å²) < 4.78 is 6.17. The molecular formula is C12H14N2O4. The molecule has 2 rings (SSSR count). The monoisotopic (exact) mass is 250 g/mol. The fraction of sp³-hybridized carbons (Fsp3) is 0.417. The molecule has 0 fully saturated rings. The van der Waals surface area contributed by atoms with Crippen molar-refractivity contribution in [1.82, 2.24) is 9.47 Å². The van der Waals surface area contributed by atoms with Gasteiger partial charge in [-0.15, -0.1) is 0 Å². The molecule has 0 radical (unpaired) electrons. The van der Waals surface area contributed by atoms with Crippen molar-refractivity contribution in [2.24, 2.45) is 0 Å². The zero-order chi connectivity index (χ0) is 13.3. The van der Waals surface area contributed by atoms with E-state index in [-0.39, 0.29) is 24.2 Å². The van der Waals surface area contributed by atoms with Gasteiger partial charge in [-0.05, 0) is 18.6 Å². The minimum absolute atomic E-state index is 0.145. The van der Waals surface area contributed by atoms with Crippen molar-refractivity contribution < 1.29 is 19.1 Å². The van der Waals surface area contributed by atoms with Crippen LogP contribution in [0, 0.1) is 0 Å². The highest BCUT2D eigenvalue weighted by atomic mass is 16.5. The number of carbonyl (C=O) groups excluding carboxylic acids is 3. The number of carbonyl (C=O) groups is 3. The second-order valence-electron chi connectivity index (χ2n) is 4.13. The van der Waals surface area contributed by atoms with Gasteiger partial charge in [0.25, 0.3) is 11.8 Å². The summed E-state index contributed by atoms with van der Waals surface area (Å²) in [6.07, 6.45) is 2.15. The summed E-state index contributed by atoms with van der Waals surface area (Å²) in [5, 5.41) is 0. The summed E-state index contributed by atoms with van der Waals surface area (Å²) in [7, 11) is 2.76. The first-order chi connectivity index (χ1) is 8.56. The van der Waals surface area contributed by atoms with E-state index in [0.29, 0.717) is 12.1 Å². The number of aromatic nitrogens is 1. The molecule has 1 aromatic heterocycles. The van der Waals surface area contributed by atoms with Gasteiger partial charge in [-0.25, -0.2) is 0 Å². The van der Waals surface area contributed by atoms with Crippen LogP contribution in [0.4, 0.5) is 0 Å². The molecule has 0 N–H and O–H groups in total. The van der Waals surface area contributed by atoms with Crippen LogP contribution < -0.4 is 0 Å². The van der Waals surface area contributed by atoms with E-state index in [1.807, 2.05) is 0 Å². The number of amides is 2. The Morgan fingerprint density at radius 1 is 1.44 bits per heavy atom.